The third-order valence-corrected chi connectivity index (χ3v) is 3.97. The van der Waals surface area contributed by atoms with Crippen molar-refractivity contribution in [2.45, 2.75) is 6.92 Å². The number of aryl methyl sites for hydroxylation is 1. The molecule has 0 unspecified atom stereocenters. The standard InChI is InChI=1S/C10H6BrNS/c1-6-4-7(5-12)10-8(9(6)11)2-3-13-10/h2-4H,1H3. The lowest BCUT2D eigenvalue weighted by atomic mass is 10.1. The third-order valence-electron chi connectivity index (χ3n) is 1.97. The maximum atomic E-state index is 8.91. The van der Waals surface area contributed by atoms with E-state index in [1.54, 1.807) is 11.3 Å². The highest BCUT2D eigenvalue weighted by atomic mass is 79.9. The van der Waals surface area contributed by atoms with Crippen LogP contribution in [-0.4, -0.2) is 0 Å². The number of hydrogen-bond acceptors (Lipinski definition) is 2. The second-order valence-corrected chi connectivity index (χ2v) is 4.54. The zero-order valence-corrected chi connectivity index (χ0v) is 9.37. The van der Waals surface area contributed by atoms with Gasteiger partial charge in [-0.3, -0.25) is 0 Å². The average Bonchev–Trinajstić information content (AvgIpc) is 2.60. The lowest BCUT2D eigenvalue weighted by Crippen LogP contribution is -1.81. The number of fused-ring (bicyclic) bond motifs is 1. The molecule has 1 aromatic heterocycles. The molecule has 2 aromatic rings. The zero-order chi connectivity index (χ0) is 9.42. The van der Waals surface area contributed by atoms with Crippen molar-refractivity contribution in [3.05, 3.63) is 33.1 Å². The van der Waals surface area contributed by atoms with E-state index >= 15 is 0 Å². The Hall–Kier alpha value is -0.850. The molecular weight excluding hydrogens is 246 g/mol. The van der Waals surface area contributed by atoms with Gasteiger partial charge in [0.2, 0.25) is 0 Å². The molecular formula is C10H6BrNS. The van der Waals surface area contributed by atoms with E-state index in [-0.39, 0.29) is 0 Å². The minimum absolute atomic E-state index is 0.769. The summed E-state index contributed by atoms with van der Waals surface area (Å²) in [6.07, 6.45) is 0. The Labute approximate surface area is 88.7 Å². The lowest BCUT2D eigenvalue weighted by molar-refractivity contribution is 1.44. The van der Waals surface area contributed by atoms with E-state index in [1.807, 2.05) is 24.4 Å². The van der Waals surface area contributed by atoms with Crippen LogP contribution in [-0.2, 0) is 0 Å². The summed E-state index contributed by atoms with van der Waals surface area (Å²) in [5.41, 5.74) is 1.88. The maximum Gasteiger partial charge on any atom is 0.101 e. The summed E-state index contributed by atoms with van der Waals surface area (Å²) in [7, 11) is 0. The highest BCUT2D eigenvalue weighted by Gasteiger charge is 2.07. The van der Waals surface area contributed by atoms with E-state index in [1.165, 1.54) is 0 Å². The van der Waals surface area contributed by atoms with Gasteiger partial charge in [0.15, 0.2) is 0 Å². The molecule has 1 nitrogen and oxygen atoms in total. The van der Waals surface area contributed by atoms with Crippen LogP contribution in [0.15, 0.2) is 22.0 Å². The van der Waals surface area contributed by atoms with E-state index in [4.69, 9.17) is 5.26 Å². The summed E-state index contributed by atoms with van der Waals surface area (Å²) in [5.74, 6) is 0. The summed E-state index contributed by atoms with van der Waals surface area (Å²) < 4.78 is 2.17. The number of thiophene rings is 1. The molecule has 1 aromatic carbocycles. The first-order valence-corrected chi connectivity index (χ1v) is 5.47. The van der Waals surface area contributed by atoms with E-state index in [9.17, 15) is 0 Å². The smallest absolute Gasteiger partial charge is 0.101 e. The fourth-order valence-electron chi connectivity index (χ4n) is 1.33. The van der Waals surface area contributed by atoms with Gasteiger partial charge in [0, 0.05) is 9.86 Å². The largest absolute Gasteiger partial charge is 0.192 e. The van der Waals surface area contributed by atoms with Gasteiger partial charge in [-0.25, -0.2) is 0 Å². The van der Waals surface area contributed by atoms with Crippen molar-refractivity contribution < 1.29 is 0 Å². The minimum Gasteiger partial charge on any atom is -0.192 e. The predicted octanol–water partition coefficient (Wildman–Crippen LogP) is 3.84. The molecule has 0 spiro atoms. The number of hydrogen-bond donors (Lipinski definition) is 0. The van der Waals surface area contributed by atoms with Crippen molar-refractivity contribution in [2.75, 3.05) is 0 Å². The number of benzene rings is 1. The number of nitrogens with zero attached hydrogens (tertiary/aromatic N) is 1. The average molecular weight is 252 g/mol. The Morgan fingerprint density at radius 3 is 3.00 bits per heavy atom. The summed E-state index contributed by atoms with van der Waals surface area (Å²) in [6.45, 7) is 2.00. The van der Waals surface area contributed by atoms with Crippen LogP contribution in [0.1, 0.15) is 11.1 Å². The van der Waals surface area contributed by atoms with E-state index < -0.39 is 0 Å². The Balaban J connectivity index is 2.97. The van der Waals surface area contributed by atoms with Gasteiger partial charge in [-0.15, -0.1) is 11.3 Å². The first-order valence-electron chi connectivity index (χ1n) is 3.80. The fourth-order valence-corrected chi connectivity index (χ4v) is 2.78. The zero-order valence-electron chi connectivity index (χ0n) is 6.97. The van der Waals surface area contributed by atoms with Gasteiger partial charge >= 0.3 is 0 Å². The van der Waals surface area contributed by atoms with Crippen LogP contribution in [0.25, 0.3) is 10.1 Å². The van der Waals surface area contributed by atoms with Crippen molar-refractivity contribution in [3.63, 3.8) is 0 Å². The molecule has 3 heteroatoms. The van der Waals surface area contributed by atoms with Crippen LogP contribution in [0.4, 0.5) is 0 Å². The van der Waals surface area contributed by atoms with Crippen LogP contribution >= 0.6 is 27.3 Å². The molecule has 13 heavy (non-hydrogen) atoms. The Kier molecular flexibility index (Phi) is 2.10. The van der Waals surface area contributed by atoms with E-state index in [0.29, 0.717) is 0 Å². The SMILES string of the molecule is Cc1cc(C#N)c2sccc2c1Br. The molecule has 0 aliphatic rings. The third kappa shape index (κ3) is 1.27. The monoisotopic (exact) mass is 251 g/mol. The van der Waals surface area contributed by atoms with Gasteiger partial charge in [-0.05, 0) is 45.9 Å². The molecule has 2 rings (SSSR count). The molecule has 0 bridgehead atoms. The molecule has 0 fully saturated rings. The van der Waals surface area contributed by atoms with Gasteiger partial charge in [0.1, 0.15) is 6.07 Å². The second-order valence-electron chi connectivity index (χ2n) is 2.83. The van der Waals surface area contributed by atoms with Crippen molar-refractivity contribution in [1.29, 1.82) is 5.26 Å². The Morgan fingerprint density at radius 2 is 2.31 bits per heavy atom. The Bertz CT molecular complexity index is 507. The van der Waals surface area contributed by atoms with Crippen molar-refractivity contribution in [3.8, 4) is 6.07 Å². The summed E-state index contributed by atoms with van der Waals surface area (Å²) >= 11 is 5.13. The van der Waals surface area contributed by atoms with Gasteiger partial charge in [-0.2, -0.15) is 5.26 Å². The van der Waals surface area contributed by atoms with Gasteiger partial charge in [-0.1, -0.05) is 0 Å². The normalized spacial score (nSPS) is 10.2. The van der Waals surface area contributed by atoms with E-state index in [2.05, 4.69) is 22.0 Å². The topological polar surface area (TPSA) is 23.8 Å². The first kappa shape index (κ1) is 8.74. The molecule has 0 N–H and O–H groups in total. The number of nitriles is 1. The van der Waals surface area contributed by atoms with Crippen LogP contribution in [0.3, 0.4) is 0 Å². The number of rotatable bonds is 0. The van der Waals surface area contributed by atoms with Crippen LogP contribution in [0, 0.1) is 18.3 Å². The van der Waals surface area contributed by atoms with Crippen LogP contribution in [0.2, 0.25) is 0 Å². The summed E-state index contributed by atoms with van der Waals surface area (Å²) in [5, 5.41) is 12.1. The van der Waals surface area contributed by atoms with Crippen molar-refractivity contribution in [1.82, 2.24) is 0 Å². The molecule has 0 aliphatic carbocycles. The Morgan fingerprint density at radius 1 is 1.54 bits per heavy atom. The van der Waals surface area contributed by atoms with Crippen molar-refractivity contribution >= 4 is 37.4 Å². The molecule has 0 saturated carbocycles. The fraction of sp³-hybridized carbons (Fsp3) is 0.100. The first-order chi connectivity index (χ1) is 6.24. The molecule has 0 aliphatic heterocycles. The molecule has 1 heterocycles. The van der Waals surface area contributed by atoms with Gasteiger partial charge < -0.3 is 0 Å². The molecule has 0 atom stereocenters. The quantitative estimate of drug-likeness (QED) is 0.698. The highest BCUT2D eigenvalue weighted by molar-refractivity contribution is 9.10. The summed E-state index contributed by atoms with van der Waals surface area (Å²) in [6, 6.07) is 6.17. The number of halogens is 1. The van der Waals surface area contributed by atoms with Crippen LogP contribution < -0.4 is 0 Å². The van der Waals surface area contributed by atoms with Gasteiger partial charge in [0.05, 0.1) is 10.3 Å². The molecule has 0 saturated heterocycles. The molecule has 0 amide bonds. The predicted molar refractivity (Wildman–Crippen MR) is 59.0 cm³/mol. The van der Waals surface area contributed by atoms with Gasteiger partial charge in [0.25, 0.3) is 0 Å². The maximum absolute atomic E-state index is 8.91. The molecule has 64 valence electrons. The molecule has 0 radical (unpaired) electrons. The van der Waals surface area contributed by atoms with Crippen molar-refractivity contribution in [2.24, 2.45) is 0 Å². The lowest BCUT2D eigenvalue weighted by Gasteiger charge is -2.00. The van der Waals surface area contributed by atoms with E-state index in [0.717, 1.165) is 25.7 Å². The minimum atomic E-state index is 0.769. The van der Waals surface area contributed by atoms with Crippen LogP contribution in [0.5, 0.6) is 0 Å². The summed E-state index contributed by atoms with van der Waals surface area (Å²) in [4.78, 5) is 0. The second kappa shape index (κ2) is 3.13. The highest BCUT2D eigenvalue weighted by Crippen LogP contribution is 2.33.